The summed E-state index contributed by atoms with van der Waals surface area (Å²) >= 11 is 0. The smallest absolute Gasteiger partial charge is 0.287 e. The van der Waals surface area contributed by atoms with Crippen LogP contribution in [0.5, 0.6) is 5.75 Å². The molecule has 1 unspecified atom stereocenters. The first-order valence-corrected chi connectivity index (χ1v) is 8.32. The number of nitrogens with one attached hydrogen (secondary N) is 2. The van der Waals surface area contributed by atoms with Crippen LogP contribution in [0.25, 0.3) is 0 Å². The average molecular weight is 342 g/mol. The van der Waals surface area contributed by atoms with Crippen molar-refractivity contribution in [2.45, 2.75) is 26.3 Å². The van der Waals surface area contributed by atoms with Gasteiger partial charge in [0, 0.05) is 18.7 Å². The topological polar surface area (TPSA) is 87.3 Å². The fourth-order valence-electron chi connectivity index (χ4n) is 2.78. The number of hydrogen-bond donors (Lipinski definition) is 2. The predicted molar refractivity (Wildman–Crippen MR) is 92.4 cm³/mol. The van der Waals surface area contributed by atoms with Crippen molar-refractivity contribution in [3.05, 3.63) is 47.5 Å². The van der Waals surface area contributed by atoms with Crippen LogP contribution in [0.3, 0.4) is 0 Å². The monoisotopic (exact) mass is 342 g/mol. The van der Waals surface area contributed by atoms with Gasteiger partial charge in [-0.3, -0.25) is 9.59 Å². The number of aromatic amines is 1. The Morgan fingerprint density at radius 2 is 2.12 bits per heavy atom. The van der Waals surface area contributed by atoms with Gasteiger partial charge in [0.2, 0.25) is 5.91 Å². The van der Waals surface area contributed by atoms with E-state index in [2.05, 4.69) is 15.3 Å². The molecule has 0 bridgehead atoms. The Kier molecular flexibility index (Phi) is 5.02. The zero-order valence-electron chi connectivity index (χ0n) is 14.4. The lowest BCUT2D eigenvalue weighted by Crippen LogP contribution is -2.38. The van der Waals surface area contributed by atoms with Crippen LogP contribution >= 0.6 is 0 Å². The van der Waals surface area contributed by atoms with E-state index < -0.39 is 0 Å². The van der Waals surface area contributed by atoms with E-state index >= 15 is 0 Å². The quantitative estimate of drug-likeness (QED) is 0.831. The number of para-hydroxylation sites is 1. The molecule has 1 aromatic heterocycles. The molecule has 7 nitrogen and oxygen atoms in total. The summed E-state index contributed by atoms with van der Waals surface area (Å²) in [7, 11) is 0. The lowest BCUT2D eigenvalue weighted by molar-refractivity contribution is -0.128. The number of likely N-dealkylation sites (tertiary alicyclic amines) is 1. The highest BCUT2D eigenvalue weighted by molar-refractivity contribution is 5.91. The van der Waals surface area contributed by atoms with Crippen LogP contribution in [0, 0.1) is 13.8 Å². The van der Waals surface area contributed by atoms with Crippen LogP contribution in [0.15, 0.2) is 30.3 Å². The van der Waals surface area contributed by atoms with Gasteiger partial charge < -0.3 is 19.9 Å². The standard InChI is InChI=1S/C18H22N4O3/c1-12-13(2)20-17(19-12)18(24)21-14-10-16(23)22(11-14)8-9-25-15-6-4-3-5-7-15/h3-7,14H,8-11H2,1-2H3,(H,19,20)(H,21,24). The molecular formula is C18H22N4O3. The number of ether oxygens (including phenoxy) is 1. The Morgan fingerprint density at radius 3 is 2.80 bits per heavy atom. The number of amides is 2. The maximum atomic E-state index is 12.2. The first kappa shape index (κ1) is 17.0. The molecule has 3 rings (SSSR count). The van der Waals surface area contributed by atoms with Gasteiger partial charge in [-0.15, -0.1) is 0 Å². The second-order valence-electron chi connectivity index (χ2n) is 6.17. The van der Waals surface area contributed by atoms with Gasteiger partial charge in [-0.25, -0.2) is 4.98 Å². The second kappa shape index (κ2) is 7.38. The first-order valence-electron chi connectivity index (χ1n) is 8.32. The number of imidazole rings is 1. The third-order valence-corrected chi connectivity index (χ3v) is 4.27. The van der Waals surface area contributed by atoms with Crippen molar-refractivity contribution in [3.8, 4) is 5.75 Å². The number of aromatic nitrogens is 2. The molecule has 2 heterocycles. The zero-order chi connectivity index (χ0) is 17.8. The molecule has 0 aliphatic carbocycles. The molecule has 1 atom stereocenters. The Balaban J connectivity index is 1.47. The summed E-state index contributed by atoms with van der Waals surface area (Å²) in [6, 6.07) is 9.28. The molecular weight excluding hydrogens is 320 g/mol. The van der Waals surface area contributed by atoms with E-state index in [4.69, 9.17) is 4.74 Å². The van der Waals surface area contributed by atoms with Crippen molar-refractivity contribution < 1.29 is 14.3 Å². The molecule has 2 aromatic rings. The minimum Gasteiger partial charge on any atom is -0.492 e. The third-order valence-electron chi connectivity index (χ3n) is 4.27. The van der Waals surface area contributed by atoms with Crippen LogP contribution in [0.4, 0.5) is 0 Å². The van der Waals surface area contributed by atoms with Crippen LogP contribution in [-0.2, 0) is 4.79 Å². The van der Waals surface area contributed by atoms with Gasteiger partial charge in [-0.1, -0.05) is 18.2 Å². The SMILES string of the molecule is Cc1nc(C(=O)NC2CC(=O)N(CCOc3ccccc3)C2)[nH]c1C. The first-order chi connectivity index (χ1) is 12.0. The Hall–Kier alpha value is -2.83. The lowest BCUT2D eigenvalue weighted by atomic mass is 10.2. The van der Waals surface area contributed by atoms with Crippen LogP contribution in [0.1, 0.15) is 28.4 Å². The van der Waals surface area contributed by atoms with E-state index in [0.29, 0.717) is 26.1 Å². The highest BCUT2D eigenvalue weighted by Crippen LogP contribution is 2.13. The van der Waals surface area contributed by atoms with E-state index in [-0.39, 0.29) is 23.7 Å². The minimum atomic E-state index is -0.281. The zero-order valence-corrected chi connectivity index (χ0v) is 14.4. The van der Waals surface area contributed by atoms with Crippen molar-refractivity contribution in [1.29, 1.82) is 0 Å². The molecule has 132 valence electrons. The highest BCUT2D eigenvalue weighted by atomic mass is 16.5. The third kappa shape index (κ3) is 4.17. The molecule has 1 aromatic carbocycles. The lowest BCUT2D eigenvalue weighted by Gasteiger charge is -2.17. The van der Waals surface area contributed by atoms with Gasteiger partial charge in [0.25, 0.3) is 5.91 Å². The van der Waals surface area contributed by atoms with Crippen molar-refractivity contribution in [3.63, 3.8) is 0 Å². The number of H-pyrrole nitrogens is 1. The summed E-state index contributed by atoms with van der Waals surface area (Å²) in [5.74, 6) is 0.807. The van der Waals surface area contributed by atoms with Gasteiger partial charge in [0.15, 0.2) is 5.82 Å². The number of carbonyl (C=O) groups excluding carboxylic acids is 2. The van der Waals surface area contributed by atoms with E-state index in [9.17, 15) is 9.59 Å². The Labute approximate surface area is 146 Å². The Bertz CT molecular complexity index is 737. The number of hydrogen-bond acceptors (Lipinski definition) is 4. The minimum absolute atomic E-state index is 0.0220. The molecule has 0 saturated carbocycles. The van der Waals surface area contributed by atoms with E-state index in [1.165, 1.54) is 0 Å². The van der Waals surface area contributed by atoms with Gasteiger partial charge in [-0.2, -0.15) is 0 Å². The Morgan fingerprint density at radius 1 is 1.36 bits per heavy atom. The van der Waals surface area contributed by atoms with E-state index in [1.54, 1.807) is 4.90 Å². The maximum absolute atomic E-state index is 12.2. The summed E-state index contributed by atoms with van der Waals surface area (Å²) in [6.45, 7) is 5.12. The van der Waals surface area contributed by atoms with Crippen LogP contribution in [0.2, 0.25) is 0 Å². The summed E-state index contributed by atoms with van der Waals surface area (Å²) in [5, 5.41) is 2.87. The molecule has 2 amide bonds. The predicted octanol–water partition coefficient (Wildman–Crippen LogP) is 1.44. The fourth-order valence-corrected chi connectivity index (χ4v) is 2.78. The van der Waals surface area contributed by atoms with Gasteiger partial charge in [-0.05, 0) is 26.0 Å². The fraction of sp³-hybridized carbons (Fsp3) is 0.389. The largest absolute Gasteiger partial charge is 0.492 e. The molecule has 0 radical (unpaired) electrons. The number of rotatable bonds is 6. The highest BCUT2D eigenvalue weighted by Gasteiger charge is 2.31. The molecule has 1 saturated heterocycles. The maximum Gasteiger partial charge on any atom is 0.287 e. The normalized spacial score (nSPS) is 17.0. The molecule has 2 N–H and O–H groups in total. The number of benzene rings is 1. The second-order valence-corrected chi connectivity index (χ2v) is 6.17. The van der Waals surface area contributed by atoms with E-state index in [0.717, 1.165) is 17.1 Å². The summed E-state index contributed by atoms with van der Waals surface area (Å²) in [5.41, 5.74) is 1.67. The number of carbonyl (C=O) groups is 2. The number of aryl methyl sites for hydroxylation is 2. The van der Waals surface area contributed by atoms with Crippen molar-refractivity contribution in [2.24, 2.45) is 0 Å². The van der Waals surface area contributed by atoms with Crippen molar-refractivity contribution in [2.75, 3.05) is 19.7 Å². The summed E-state index contributed by atoms with van der Waals surface area (Å²) < 4.78 is 5.62. The molecule has 1 aliphatic heterocycles. The molecule has 25 heavy (non-hydrogen) atoms. The van der Waals surface area contributed by atoms with Crippen molar-refractivity contribution in [1.82, 2.24) is 20.2 Å². The van der Waals surface area contributed by atoms with Crippen molar-refractivity contribution >= 4 is 11.8 Å². The molecule has 7 heteroatoms. The van der Waals surface area contributed by atoms with Crippen LogP contribution in [-0.4, -0.2) is 52.4 Å². The van der Waals surface area contributed by atoms with Crippen LogP contribution < -0.4 is 10.1 Å². The van der Waals surface area contributed by atoms with Gasteiger partial charge >= 0.3 is 0 Å². The molecule has 1 aliphatic rings. The average Bonchev–Trinajstić information content (AvgIpc) is 3.11. The summed E-state index contributed by atoms with van der Waals surface area (Å²) in [4.78, 5) is 33.2. The molecule has 1 fully saturated rings. The van der Waals surface area contributed by atoms with Gasteiger partial charge in [0.05, 0.1) is 18.3 Å². The van der Waals surface area contributed by atoms with Gasteiger partial charge in [0.1, 0.15) is 12.4 Å². The summed E-state index contributed by atoms with van der Waals surface area (Å²) in [6.07, 6.45) is 0.301. The number of nitrogens with zero attached hydrogens (tertiary/aromatic N) is 2. The molecule has 0 spiro atoms. The van der Waals surface area contributed by atoms with E-state index in [1.807, 2.05) is 44.2 Å².